The fraction of sp³-hybridized carbons (Fsp3) is 0.600. The molecule has 0 bridgehead atoms. The second-order valence-electron chi connectivity index (χ2n) is 5.02. The van der Waals surface area contributed by atoms with E-state index in [2.05, 4.69) is 11.9 Å². The topological polar surface area (TPSA) is 47.7 Å². The van der Waals surface area contributed by atoms with Gasteiger partial charge in [0.15, 0.2) is 0 Å². The molecule has 1 fully saturated rings. The standard InChI is InChI=1S/C15H24N2O2/c1-3-18-15-10-12(7-8-14(15)16)17(2)11-13-6-4-5-9-19-13/h7-8,10,13H,3-6,9,11,16H2,1-2H3. The molecular weight excluding hydrogens is 240 g/mol. The predicted molar refractivity (Wildman–Crippen MR) is 78.9 cm³/mol. The van der Waals surface area contributed by atoms with Crippen molar-refractivity contribution in [2.24, 2.45) is 0 Å². The molecule has 0 amide bonds. The monoisotopic (exact) mass is 264 g/mol. The molecule has 0 aliphatic carbocycles. The van der Waals surface area contributed by atoms with Crippen LogP contribution in [-0.2, 0) is 4.74 Å². The highest BCUT2D eigenvalue weighted by molar-refractivity contribution is 5.62. The molecular formula is C15H24N2O2. The molecule has 1 heterocycles. The number of likely N-dealkylation sites (N-methyl/N-ethyl adjacent to an activating group) is 1. The van der Waals surface area contributed by atoms with Gasteiger partial charge in [-0.05, 0) is 38.3 Å². The van der Waals surface area contributed by atoms with Crippen LogP contribution in [0.5, 0.6) is 5.75 Å². The van der Waals surface area contributed by atoms with Crippen molar-refractivity contribution >= 4 is 11.4 Å². The molecule has 4 nitrogen and oxygen atoms in total. The van der Waals surface area contributed by atoms with Gasteiger partial charge in [-0.15, -0.1) is 0 Å². The summed E-state index contributed by atoms with van der Waals surface area (Å²) in [4.78, 5) is 2.21. The van der Waals surface area contributed by atoms with E-state index < -0.39 is 0 Å². The Kier molecular flexibility index (Phi) is 4.91. The highest BCUT2D eigenvalue weighted by Crippen LogP contribution is 2.28. The number of anilines is 2. The Balaban J connectivity index is 2.01. The van der Waals surface area contributed by atoms with Crippen molar-refractivity contribution in [2.75, 3.05) is 37.4 Å². The summed E-state index contributed by atoms with van der Waals surface area (Å²) >= 11 is 0. The summed E-state index contributed by atoms with van der Waals surface area (Å²) in [5.41, 5.74) is 7.70. The lowest BCUT2D eigenvalue weighted by atomic mass is 10.1. The van der Waals surface area contributed by atoms with Crippen LogP contribution in [0.25, 0.3) is 0 Å². The highest BCUT2D eigenvalue weighted by Gasteiger charge is 2.16. The second kappa shape index (κ2) is 6.66. The van der Waals surface area contributed by atoms with E-state index in [-0.39, 0.29) is 0 Å². The molecule has 1 aromatic carbocycles. The van der Waals surface area contributed by atoms with Crippen LogP contribution < -0.4 is 15.4 Å². The lowest BCUT2D eigenvalue weighted by Gasteiger charge is -2.29. The first kappa shape index (κ1) is 14.0. The van der Waals surface area contributed by atoms with Crippen molar-refractivity contribution in [3.8, 4) is 5.75 Å². The largest absolute Gasteiger partial charge is 0.492 e. The van der Waals surface area contributed by atoms with Gasteiger partial charge in [0.1, 0.15) is 5.75 Å². The quantitative estimate of drug-likeness (QED) is 0.831. The normalized spacial score (nSPS) is 19.2. The number of rotatable bonds is 5. The van der Waals surface area contributed by atoms with E-state index in [1.165, 1.54) is 12.8 Å². The van der Waals surface area contributed by atoms with E-state index in [1.54, 1.807) is 0 Å². The number of hydrogen-bond donors (Lipinski definition) is 1. The average molecular weight is 264 g/mol. The maximum atomic E-state index is 5.89. The molecule has 1 aromatic rings. The molecule has 1 aliphatic rings. The highest BCUT2D eigenvalue weighted by atomic mass is 16.5. The van der Waals surface area contributed by atoms with Crippen molar-refractivity contribution in [2.45, 2.75) is 32.3 Å². The fourth-order valence-electron chi connectivity index (χ4n) is 2.40. The van der Waals surface area contributed by atoms with Crippen LogP contribution in [0.1, 0.15) is 26.2 Å². The van der Waals surface area contributed by atoms with Crippen LogP contribution >= 0.6 is 0 Å². The molecule has 106 valence electrons. The molecule has 0 radical (unpaired) electrons. The van der Waals surface area contributed by atoms with Crippen LogP contribution in [0, 0.1) is 0 Å². The SMILES string of the molecule is CCOc1cc(N(C)CC2CCCCO2)ccc1N. The summed E-state index contributed by atoms with van der Waals surface area (Å²) in [7, 11) is 2.08. The number of nitrogens with two attached hydrogens (primary N) is 1. The van der Waals surface area contributed by atoms with E-state index in [1.807, 2.05) is 25.1 Å². The Labute approximate surface area is 115 Å². The summed E-state index contributed by atoms with van der Waals surface area (Å²) in [6.07, 6.45) is 3.95. The number of ether oxygens (including phenoxy) is 2. The Hall–Kier alpha value is -1.42. The first-order valence-corrected chi connectivity index (χ1v) is 7.05. The van der Waals surface area contributed by atoms with E-state index in [4.69, 9.17) is 15.2 Å². The van der Waals surface area contributed by atoms with E-state index in [0.29, 0.717) is 18.4 Å². The van der Waals surface area contributed by atoms with Crippen molar-refractivity contribution in [1.82, 2.24) is 0 Å². The molecule has 2 rings (SSSR count). The van der Waals surface area contributed by atoms with E-state index >= 15 is 0 Å². The minimum atomic E-state index is 0.340. The van der Waals surface area contributed by atoms with Gasteiger partial charge in [0.25, 0.3) is 0 Å². The minimum Gasteiger partial charge on any atom is -0.492 e. The molecule has 2 N–H and O–H groups in total. The van der Waals surface area contributed by atoms with Crippen LogP contribution in [0.4, 0.5) is 11.4 Å². The lowest BCUT2D eigenvalue weighted by molar-refractivity contribution is 0.0216. The van der Waals surface area contributed by atoms with Gasteiger partial charge in [-0.3, -0.25) is 0 Å². The van der Waals surface area contributed by atoms with E-state index in [9.17, 15) is 0 Å². The zero-order valence-electron chi connectivity index (χ0n) is 11.9. The Morgan fingerprint density at radius 3 is 2.95 bits per heavy atom. The molecule has 0 aromatic heterocycles. The Bertz CT molecular complexity index is 403. The minimum absolute atomic E-state index is 0.340. The first-order chi connectivity index (χ1) is 9.20. The lowest BCUT2D eigenvalue weighted by Crippen LogP contribution is -2.33. The Morgan fingerprint density at radius 1 is 1.42 bits per heavy atom. The molecule has 4 heteroatoms. The molecule has 19 heavy (non-hydrogen) atoms. The molecule has 1 saturated heterocycles. The number of nitrogens with zero attached hydrogens (tertiary/aromatic N) is 1. The van der Waals surface area contributed by atoms with Crippen LogP contribution in [0.3, 0.4) is 0 Å². The first-order valence-electron chi connectivity index (χ1n) is 7.05. The third kappa shape index (κ3) is 3.77. The molecule has 0 spiro atoms. The van der Waals surface area contributed by atoms with Gasteiger partial charge in [-0.1, -0.05) is 0 Å². The third-order valence-electron chi connectivity index (χ3n) is 3.49. The summed E-state index contributed by atoms with van der Waals surface area (Å²) in [6, 6.07) is 5.93. The van der Waals surface area contributed by atoms with Crippen molar-refractivity contribution in [3.63, 3.8) is 0 Å². The molecule has 1 aliphatic heterocycles. The number of benzene rings is 1. The number of hydrogen-bond acceptors (Lipinski definition) is 4. The summed E-state index contributed by atoms with van der Waals surface area (Å²) < 4.78 is 11.3. The fourth-order valence-corrected chi connectivity index (χ4v) is 2.40. The van der Waals surface area contributed by atoms with Gasteiger partial charge in [0.2, 0.25) is 0 Å². The average Bonchev–Trinajstić information content (AvgIpc) is 2.42. The molecule has 1 unspecified atom stereocenters. The number of nitrogen functional groups attached to an aromatic ring is 1. The second-order valence-corrected chi connectivity index (χ2v) is 5.02. The van der Waals surface area contributed by atoms with Crippen LogP contribution in [0.15, 0.2) is 18.2 Å². The van der Waals surface area contributed by atoms with E-state index in [0.717, 1.165) is 31.0 Å². The van der Waals surface area contributed by atoms with Gasteiger partial charge in [-0.2, -0.15) is 0 Å². The molecule has 1 atom stereocenters. The summed E-state index contributed by atoms with van der Waals surface area (Å²) in [6.45, 7) is 4.40. The third-order valence-corrected chi connectivity index (χ3v) is 3.49. The zero-order chi connectivity index (χ0) is 13.7. The van der Waals surface area contributed by atoms with Gasteiger partial charge >= 0.3 is 0 Å². The maximum absolute atomic E-state index is 5.89. The van der Waals surface area contributed by atoms with Gasteiger partial charge in [-0.25, -0.2) is 0 Å². The van der Waals surface area contributed by atoms with Crippen molar-refractivity contribution < 1.29 is 9.47 Å². The van der Waals surface area contributed by atoms with Gasteiger partial charge < -0.3 is 20.1 Å². The van der Waals surface area contributed by atoms with Gasteiger partial charge in [0, 0.05) is 32.0 Å². The van der Waals surface area contributed by atoms with Gasteiger partial charge in [0.05, 0.1) is 18.4 Å². The smallest absolute Gasteiger partial charge is 0.144 e. The summed E-state index contributed by atoms with van der Waals surface area (Å²) in [5.74, 6) is 0.761. The maximum Gasteiger partial charge on any atom is 0.144 e. The zero-order valence-corrected chi connectivity index (χ0v) is 11.9. The van der Waals surface area contributed by atoms with Crippen molar-refractivity contribution in [3.05, 3.63) is 18.2 Å². The van der Waals surface area contributed by atoms with Crippen molar-refractivity contribution in [1.29, 1.82) is 0 Å². The van der Waals surface area contributed by atoms with Crippen LogP contribution in [0.2, 0.25) is 0 Å². The Morgan fingerprint density at radius 2 is 2.26 bits per heavy atom. The summed E-state index contributed by atoms with van der Waals surface area (Å²) in [5, 5.41) is 0. The predicted octanol–water partition coefficient (Wildman–Crippen LogP) is 2.67. The van der Waals surface area contributed by atoms with Crippen LogP contribution in [-0.4, -0.2) is 32.9 Å². The molecule has 0 saturated carbocycles.